The molecular weight excluding hydrogens is 474 g/mol. The van der Waals surface area contributed by atoms with Crippen molar-refractivity contribution in [3.8, 4) is 5.75 Å². The largest absolute Gasteiger partial charge is 0.497 e. The van der Waals surface area contributed by atoms with Crippen LogP contribution in [0.25, 0.3) is 0 Å². The Morgan fingerprint density at radius 3 is 2.44 bits per heavy atom. The SMILES string of the molecule is CCn1c(SCC(=O)Nc2ccccc2Cl)nnc1C(NC(=O)c1ccc(OC)cc1)C(C)C. The number of amides is 2. The maximum absolute atomic E-state index is 12.9. The standard InChI is InChI=1S/C24H28ClN5O3S/c1-5-30-22(21(15(2)3)27-23(32)16-10-12-17(33-4)13-11-16)28-29-24(30)34-14-20(31)26-19-9-7-6-8-18(19)25/h6-13,15,21H,5,14H2,1-4H3,(H,26,31)(H,27,32). The van der Waals surface area contributed by atoms with Crippen molar-refractivity contribution in [2.75, 3.05) is 18.2 Å². The van der Waals surface area contributed by atoms with Gasteiger partial charge in [-0.1, -0.05) is 49.3 Å². The van der Waals surface area contributed by atoms with Gasteiger partial charge in [0.2, 0.25) is 5.91 Å². The van der Waals surface area contributed by atoms with Crippen LogP contribution in [0.2, 0.25) is 5.02 Å². The highest BCUT2D eigenvalue weighted by molar-refractivity contribution is 7.99. The van der Waals surface area contributed by atoms with Crippen molar-refractivity contribution < 1.29 is 14.3 Å². The first-order valence-electron chi connectivity index (χ1n) is 10.9. The van der Waals surface area contributed by atoms with Crippen molar-refractivity contribution in [3.05, 3.63) is 64.9 Å². The van der Waals surface area contributed by atoms with Gasteiger partial charge in [0, 0.05) is 12.1 Å². The molecule has 1 unspecified atom stereocenters. The molecule has 10 heteroatoms. The Balaban J connectivity index is 1.71. The molecule has 2 amide bonds. The summed E-state index contributed by atoms with van der Waals surface area (Å²) in [5.41, 5.74) is 1.09. The van der Waals surface area contributed by atoms with Crippen LogP contribution < -0.4 is 15.4 Å². The number of hydrogen-bond acceptors (Lipinski definition) is 6. The van der Waals surface area contributed by atoms with E-state index in [0.717, 1.165) is 0 Å². The highest BCUT2D eigenvalue weighted by Crippen LogP contribution is 2.26. The van der Waals surface area contributed by atoms with E-state index >= 15 is 0 Å². The van der Waals surface area contributed by atoms with Gasteiger partial charge in [-0.2, -0.15) is 0 Å². The molecular formula is C24H28ClN5O3S. The van der Waals surface area contributed by atoms with E-state index in [1.54, 1.807) is 55.6 Å². The van der Waals surface area contributed by atoms with E-state index in [-0.39, 0.29) is 29.5 Å². The van der Waals surface area contributed by atoms with Crippen LogP contribution in [0.1, 0.15) is 43.0 Å². The first-order valence-corrected chi connectivity index (χ1v) is 12.3. The molecule has 0 bridgehead atoms. The Labute approximate surface area is 208 Å². The molecule has 8 nitrogen and oxygen atoms in total. The predicted molar refractivity (Wildman–Crippen MR) is 135 cm³/mol. The first-order chi connectivity index (χ1) is 16.3. The number of carbonyl (C=O) groups excluding carboxylic acids is 2. The number of anilines is 1. The lowest BCUT2D eigenvalue weighted by atomic mass is 10.0. The fourth-order valence-electron chi connectivity index (χ4n) is 3.31. The molecule has 2 N–H and O–H groups in total. The Hall–Kier alpha value is -3.04. The van der Waals surface area contributed by atoms with E-state index in [9.17, 15) is 9.59 Å². The topological polar surface area (TPSA) is 98.1 Å². The van der Waals surface area contributed by atoms with Crippen LogP contribution in [0.5, 0.6) is 5.75 Å². The van der Waals surface area contributed by atoms with Crippen molar-refractivity contribution in [3.63, 3.8) is 0 Å². The van der Waals surface area contributed by atoms with Gasteiger partial charge in [0.05, 0.1) is 29.6 Å². The second kappa shape index (κ2) is 11.9. The van der Waals surface area contributed by atoms with E-state index < -0.39 is 0 Å². The highest BCUT2D eigenvalue weighted by atomic mass is 35.5. The maximum atomic E-state index is 12.9. The van der Waals surface area contributed by atoms with E-state index in [4.69, 9.17) is 16.3 Å². The molecule has 1 heterocycles. The highest BCUT2D eigenvalue weighted by Gasteiger charge is 2.26. The Morgan fingerprint density at radius 2 is 1.82 bits per heavy atom. The number of nitrogens with zero attached hydrogens (tertiary/aromatic N) is 3. The first kappa shape index (κ1) is 25.6. The van der Waals surface area contributed by atoms with Crippen LogP contribution >= 0.6 is 23.4 Å². The fourth-order valence-corrected chi connectivity index (χ4v) is 4.30. The zero-order valence-electron chi connectivity index (χ0n) is 19.5. The summed E-state index contributed by atoms with van der Waals surface area (Å²) in [5, 5.41) is 15.6. The number of rotatable bonds is 10. The Morgan fingerprint density at radius 1 is 1.12 bits per heavy atom. The lowest BCUT2D eigenvalue weighted by Crippen LogP contribution is -2.33. The number of ether oxygens (including phenoxy) is 1. The minimum absolute atomic E-state index is 0.0677. The summed E-state index contributed by atoms with van der Waals surface area (Å²) in [5.74, 6) is 1.14. The molecule has 3 aromatic rings. The summed E-state index contributed by atoms with van der Waals surface area (Å²) < 4.78 is 7.08. The summed E-state index contributed by atoms with van der Waals surface area (Å²) in [4.78, 5) is 25.3. The summed E-state index contributed by atoms with van der Waals surface area (Å²) in [6.45, 7) is 6.59. The van der Waals surface area contributed by atoms with Crippen molar-refractivity contribution in [1.29, 1.82) is 0 Å². The monoisotopic (exact) mass is 501 g/mol. The van der Waals surface area contributed by atoms with Crippen LogP contribution in [-0.2, 0) is 11.3 Å². The predicted octanol–water partition coefficient (Wildman–Crippen LogP) is 4.82. The molecule has 0 saturated carbocycles. The number of thioether (sulfide) groups is 1. The third-order valence-electron chi connectivity index (χ3n) is 5.13. The molecule has 34 heavy (non-hydrogen) atoms. The van der Waals surface area contributed by atoms with Crippen molar-refractivity contribution in [2.24, 2.45) is 5.92 Å². The number of para-hydroxylation sites is 1. The molecule has 0 fully saturated rings. The van der Waals surface area contributed by atoms with Crippen LogP contribution in [0, 0.1) is 5.92 Å². The number of carbonyl (C=O) groups is 2. The lowest BCUT2D eigenvalue weighted by Gasteiger charge is -2.22. The van der Waals surface area contributed by atoms with Gasteiger partial charge in [-0.15, -0.1) is 10.2 Å². The number of nitrogens with one attached hydrogen (secondary N) is 2. The maximum Gasteiger partial charge on any atom is 0.251 e. The van der Waals surface area contributed by atoms with E-state index in [0.29, 0.717) is 39.5 Å². The Bertz CT molecular complexity index is 1130. The lowest BCUT2D eigenvalue weighted by molar-refractivity contribution is -0.113. The second-order valence-electron chi connectivity index (χ2n) is 7.83. The van der Waals surface area contributed by atoms with Crippen LogP contribution in [0.4, 0.5) is 5.69 Å². The molecule has 1 aromatic heterocycles. The van der Waals surface area contributed by atoms with E-state index in [1.807, 2.05) is 25.3 Å². The smallest absolute Gasteiger partial charge is 0.251 e. The molecule has 0 radical (unpaired) electrons. The van der Waals surface area contributed by atoms with Gasteiger partial charge in [-0.05, 0) is 49.2 Å². The zero-order valence-corrected chi connectivity index (χ0v) is 21.1. The van der Waals surface area contributed by atoms with Gasteiger partial charge in [0.15, 0.2) is 11.0 Å². The molecule has 180 valence electrons. The molecule has 0 aliphatic carbocycles. The average Bonchev–Trinajstić information content (AvgIpc) is 3.24. The van der Waals surface area contributed by atoms with Crippen molar-refractivity contribution in [1.82, 2.24) is 20.1 Å². The molecule has 2 aromatic carbocycles. The van der Waals surface area contributed by atoms with Gasteiger partial charge < -0.3 is 19.9 Å². The van der Waals surface area contributed by atoms with Crippen molar-refractivity contribution in [2.45, 2.75) is 38.5 Å². The Kier molecular flexibility index (Phi) is 8.95. The molecule has 1 atom stereocenters. The third kappa shape index (κ3) is 6.30. The average molecular weight is 502 g/mol. The van der Waals surface area contributed by atoms with Gasteiger partial charge in [-0.25, -0.2) is 0 Å². The second-order valence-corrected chi connectivity index (χ2v) is 9.18. The molecule has 0 spiro atoms. The van der Waals surface area contributed by atoms with Gasteiger partial charge in [-0.3, -0.25) is 9.59 Å². The minimum Gasteiger partial charge on any atom is -0.497 e. The van der Waals surface area contributed by atoms with Gasteiger partial charge in [0.1, 0.15) is 5.75 Å². The molecule has 3 rings (SSSR count). The van der Waals surface area contributed by atoms with Gasteiger partial charge in [0.25, 0.3) is 5.91 Å². The quantitative estimate of drug-likeness (QED) is 0.386. The normalized spacial score (nSPS) is 11.8. The van der Waals surface area contributed by atoms with E-state index in [2.05, 4.69) is 20.8 Å². The molecule has 0 aliphatic heterocycles. The molecule has 0 aliphatic rings. The number of methoxy groups -OCH3 is 1. The minimum atomic E-state index is -0.353. The van der Waals surface area contributed by atoms with Crippen LogP contribution in [-0.4, -0.2) is 39.4 Å². The van der Waals surface area contributed by atoms with Crippen molar-refractivity contribution >= 4 is 40.9 Å². The number of hydrogen-bond donors (Lipinski definition) is 2. The summed E-state index contributed by atoms with van der Waals surface area (Å²) in [6, 6.07) is 13.6. The third-order valence-corrected chi connectivity index (χ3v) is 6.42. The fraction of sp³-hybridized carbons (Fsp3) is 0.333. The number of aromatic nitrogens is 3. The van der Waals surface area contributed by atoms with Crippen LogP contribution in [0.3, 0.4) is 0 Å². The molecule has 0 saturated heterocycles. The van der Waals surface area contributed by atoms with Crippen LogP contribution in [0.15, 0.2) is 53.7 Å². The summed E-state index contributed by atoms with van der Waals surface area (Å²) in [6.07, 6.45) is 0. The number of halogens is 1. The number of benzene rings is 2. The summed E-state index contributed by atoms with van der Waals surface area (Å²) in [7, 11) is 1.58. The zero-order chi connectivity index (χ0) is 24.7. The van der Waals surface area contributed by atoms with Gasteiger partial charge >= 0.3 is 0 Å². The summed E-state index contributed by atoms with van der Waals surface area (Å²) >= 11 is 7.39. The van der Waals surface area contributed by atoms with E-state index in [1.165, 1.54) is 11.8 Å².